The molecule has 1 amide bonds. The second-order valence-corrected chi connectivity index (χ2v) is 8.04. The topological polar surface area (TPSA) is 92.1 Å². The number of aromatic nitrogens is 2. The zero-order valence-electron chi connectivity index (χ0n) is 17.7. The molecule has 1 aliphatic heterocycles. The average Bonchev–Trinajstić information content (AvgIpc) is 3.35. The van der Waals surface area contributed by atoms with Crippen molar-refractivity contribution in [3.05, 3.63) is 117 Å². The molecule has 164 valence electrons. The first-order valence-corrected chi connectivity index (χ1v) is 10.4. The summed E-state index contributed by atoms with van der Waals surface area (Å²) in [4.78, 5) is 25.8. The summed E-state index contributed by atoms with van der Waals surface area (Å²) in [5.41, 5.74) is 5.20. The van der Waals surface area contributed by atoms with E-state index in [-0.39, 0.29) is 24.0 Å². The van der Waals surface area contributed by atoms with Crippen molar-refractivity contribution in [2.45, 2.75) is 19.5 Å². The van der Waals surface area contributed by atoms with Crippen LogP contribution in [0.5, 0.6) is 0 Å². The number of fused-ring (bicyclic) bond motifs is 1. The Bertz CT molecular complexity index is 1350. The van der Waals surface area contributed by atoms with Gasteiger partial charge in [-0.05, 0) is 42.3 Å². The monoisotopic (exact) mass is 442 g/mol. The summed E-state index contributed by atoms with van der Waals surface area (Å²) in [7, 11) is 0. The summed E-state index contributed by atoms with van der Waals surface area (Å²) in [6, 6.07) is 19.5. The van der Waals surface area contributed by atoms with Crippen LogP contribution in [-0.4, -0.2) is 25.9 Å². The second kappa shape index (κ2) is 7.98. The Kier molecular flexibility index (Phi) is 4.97. The number of rotatable bonds is 5. The Morgan fingerprint density at radius 2 is 1.70 bits per heavy atom. The number of carbonyl (C=O) groups is 1. The number of hydrogen-bond donors (Lipinski definition) is 1. The molecule has 1 aliphatic rings. The van der Waals surface area contributed by atoms with Gasteiger partial charge in [-0.25, -0.2) is 4.39 Å². The quantitative estimate of drug-likeness (QED) is 0.341. The number of halogens is 1. The number of aromatic amines is 1. The Labute approximate surface area is 188 Å². The van der Waals surface area contributed by atoms with Crippen LogP contribution in [0.2, 0.25) is 0 Å². The lowest BCUT2D eigenvalue weighted by Gasteiger charge is -2.26. The SMILES string of the molecule is Cc1ccc(-c2n[nH]c3c2C(c2ccc([N+](=O)[O-])cc2)N(Cc2ccc(F)cc2)C3=O)cc1. The Balaban J connectivity index is 1.63. The van der Waals surface area contributed by atoms with Crippen LogP contribution in [0.25, 0.3) is 11.3 Å². The fourth-order valence-corrected chi connectivity index (χ4v) is 4.20. The van der Waals surface area contributed by atoms with Crippen LogP contribution in [0.3, 0.4) is 0 Å². The van der Waals surface area contributed by atoms with Crippen molar-refractivity contribution in [2.75, 3.05) is 0 Å². The molecule has 0 saturated heterocycles. The van der Waals surface area contributed by atoms with Crippen molar-refractivity contribution in [1.29, 1.82) is 0 Å². The lowest BCUT2D eigenvalue weighted by molar-refractivity contribution is -0.384. The van der Waals surface area contributed by atoms with Crippen LogP contribution >= 0.6 is 0 Å². The predicted molar refractivity (Wildman–Crippen MR) is 120 cm³/mol. The first-order chi connectivity index (χ1) is 15.9. The summed E-state index contributed by atoms with van der Waals surface area (Å²) in [6.07, 6.45) is 0. The highest BCUT2D eigenvalue weighted by Gasteiger charge is 2.42. The minimum atomic E-state index is -0.506. The first-order valence-electron chi connectivity index (χ1n) is 10.4. The van der Waals surface area contributed by atoms with Crippen LogP contribution in [0.4, 0.5) is 10.1 Å². The van der Waals surface area contributed by atoms with Crippen LogP contribution in [-0.2, 0) is 6.54 Å². The van der Waals surface area contributed by atoms with Crippen molar-refractivity contribution in [3.8, 4) is 11.3 Å². The van der Waals surface area contributed by atoms with Crippen LogP contribution in [0, 0.1) is 22.9 Å². The zero-order chi connectivity index (χ0) is 23.1. The molecular formula is C25H19FN4O3. The Morgan fingerprint density at radius 1 is 1.03 bits per heavy atom. The highest BCUT2D eigenvalue weighted by Crippen LogP contribution is 2.43. The molecule has 4 aromatic rings. The van der Waals surface area contributed by atoms with Crippen LogP contribution < -0.4 is 0 Å². The highest BCUT2D eigenvalue weighted by atomic mass is 19.1. The van der Waals surface area contributed by atoms with Crippen LogP contribution in [0.1, 0.15) is 38.8 Å². The summed E-state index contributed by atoms with van der Waals surface area (Å²) < 4.78 is 13.4. The maximum Gasteiger partial charge on any atom is 0.273 e. The number of benzene rings is 3. The van der Waals surface area contributed by atoms with E-state index in [1.54, 1.807) is 29.2 Å². The van der Waals surface area contributed by atoms with Gasteiger partial charge in [-0.15, -0.1) is 0 Å². The number of non-ortho nitro benzene ring substituents is 1. The van der Waals surface area contributed by atoms with E-state index in [0.717, 1.165) is 27.8 Å². The van der Waals surface area contributed by atoms with Gasteiger partial charge in [0.05, 0.1) is 16.7 Å². The average molecular weight is 442 g/mol. The third-order valence-corrected chi connectivity index (χ3v) is 5.87. The molecule has 5 rings (SSSR count). The number of nitro groups is 1. The molecule has 0 bridgehead atoms. The van der Waals surface area contributed by atoms with Gasteiger partial charge >= 0.3 is 0 Å². The number of hydrogen-bond acceptors (Lipinski definition) is 4. The van der Waals surface area contributed by atoms with Crippen molar-refractivity contribution >= 4 is 11.6 Å². The van der Waals surface area contributed by atoms with E-state index in [1.165, 1.54) is 24.3 Å². The molecule has 0 spiro atoms. The lowest BCUT2D eigenvalue weighted by Crippen LogP contribution is -2.29. The molecule has 1 unspecified atom stereocenters. The summed E-state index contributed by atoms with van der Waals surface area (Å²) in [5.74, 6) is -0.585. The van der Waals surface area contributed by atoms with Gasteiger partial charge in [-0.2, -0.15) is 5.10 Å². The molecule has 0 saturated carbocycles. The van der Waals surface area contributed by atoms with Crippen molar-refractivity contribution < 1.29 is 14.1 Å². The number of nitrogens with zero attached hydrogens (tertiary/aromatic N) is 3. The second-order valence-electron chi connectivity index (χ2n) is 8.04. The maximum absolute atomic E-state index is 13.4. The molecular weight excluding hydrogens is 423 g/mol. The van der Waals surface area contributed by atoms with E-state index in [9.17, 15) is 19.3 Å². The fourth-order valence-electron chi connectivity index (χ4n) is 4.20. The molecule has 8 heteroatoms. The molecule has 1 N–H and O–H groups in total. The van der Waals surface area contributed by atoms with Gasteiger partial charge in [0.1, 0.15) is 11.5 Å². The van der Waals surface area contributed by atoms with E-state index in [4.69, 9.17) is 0 Å². The molecule has 7 nitrogen and oxygen atoms in total. The number of carbonyl (C=O) groups excluding carboxylic acids is 1. The number of nitrogens with one attached hydrogen (secondary N) is 1. The standard InChI is InChI=1S/C25H19FN4O3/c1-15-2-6-17(7-3-15)22-21-23(28-27-22)25(31)29(14-16-4-10-19(26)11-5-16)24(21)18-8-12-20(13-9-18)30(32)33/h2-13,24H,14H2,1H3,(H,27,28). The summed E-state index contributed by atoms with van der Waals surface area (Å²) >= 11 is 0. The molecule has 1 atom stereocenters. The molecule has 2 heterocycles. The number of H-pyrrole nitrogens is 1. The van der Waals surface area contributed by atoms with Gasteiger partial charge in [-0.1, -0.05) is 42.0 Å². The molecule has 0 radical (unpaired) electrons. The van der Waals surface area contributed by atoms with E-state index in [1.807, 2.05) is 31.2 Å². The number of nitro benzene ring substituents is 1. The van der Waals surface area contributed by atoms with Gasteiger partial charge in [0.25, 0.3) is 11.6 Å². The lowest BCUT2D eigenvalue weighted by atomic mass is 9.95. The third-order valence-electron chi connectivity index (χ3n) is 5.87. The van der Waals surface area contributed by atoms with Gasteiger partial charge in [-0.3, -0.25) is 20.0 Å². The molecule has 1 aromatic heterocycles. The number of aryl methyl sites for hydroxylation is 1. The Morgan fingerprint density at radius 3 is 2.33 bits per heavy atom. The van der Waals surface area contributed by atoms with Gasteiger partial charge in [0.2, 0.25) is 0 Å². The molecule has 33 heavy (non-hydrogen) atoms. The van der Waals surface area contributed by atoms with Crippen molar-refractivity contribution in [1.82, 2.24) is 15.1 Å². The van der Waals surface area contributed by atoms with E-state index in [2.05, 4.69) is 10.2 Å². The first kappa shape index (κ1) is 20.6. The molecule has 0 fully saturated rings. The van der Waals surface area contributed by atoms with E-state index >= 15 is 0 Å². The van der Waals surface area contributed by atoms with Gasteiger partial charge in [0, 0.05) is 29.8 Å². The normalized spacial score (nSPS) is 15.0. The fraction of sp³-hybridized carbons (Fsp3) is 0.120. The third kappa shape index (κ3) is 3.65. The Hall–Kier alpha value is -4.33. The largest absolute Gasteiger partial charge is 0.322 e. The molecule has 0 aliphatic carbocycles. The highest BCUT2D eigenvalue weighted by molar-refractivity contribution is 6.00. The minimum absolute atomic E-state index is 0.0284. The van der Waals surface area contributed by atoms with Gasteiger partial charge in [0.15, 0.2) is 0 Å². The minimum Gasteiger partial charge on any atom is -0.322 e. The number of amides is 1. The van der Waals surface area contributed by atoms with Crippen molar-refractivity contribution in [2.24, 2.45) is 0 Å². The van der Waals surface area contributed by atoms with E-state index < -0.39 is 11.0 Å². The smallest absolute Gasteiger partial charge is 0.273 e. The maximum atomic E-state index is 13.4. The zero-order valence-corrected chi connectivity index (χ0v) is 17.7. The van der Waals surface area contributed by atoms with Gasteiger partial charge < -0.3 is 4.90 Å². The molecule has 3 aromatic carbocycles. The summed E-state index contributed by atoms with van der Waals surface area (Å²) in [6.45, 7) is 2.24. The predicted octanol–water partition coefficient (Wildman–Crippen LogP) is 5.18. The summed E-state index contributed by atoms with van der Waals surface area (Å²) in [5, 5.41) is 18.5. The van der Waals surface area contributed by atoms with Crippen LogP contribution in [0.15, 0.2) is 72.8 Å². The van der Waals surface area contributed by atoms with E-state index in [0.29, 0.717) is 11.4 Å². The van der Waals surface area contributed by atoms with Crippen molar-refractivity contribution in [3.63, 3.8) is 0 Å².